The Hall–Kier alpha value is -1.78. The van der Waals surface area contributed by atoms with Crippen LogP contribution in [0.4, 0.5) is 0 Å². The molecule has 1 N–H and O–H groups in total. The molecule has 0 spiro atoms. The maximum Gasteiger partial charge on any atom is 0.363 e. The molecule has 2 aromatic rings. The lowest BCUT2D eigenvalue weighted by Crippen LogP contribution is -2.12. The van der Waals surface area contributed by atoms with Crippen LogP contribution in [0.3, 0.4) is 0 Å². The minimum atomic E-state index is -0.472. The van der Waals surface area contributed by atoms with Crippen LogP contribution in [0.1, 0.15) is 5.56 Å². The number of rotatable bonds is 0. The summed E-state index contributed by atoms with van der Waals surface area (Å²) in [5.74, 6) is 0. The van der Waals surface area contributed by atoms with Crippen molar-refractivity contribution in [2.75, 3.05) is 0 Å². The monoisotopic (exact) mass is 162 g/mol. The molecule has 0 saturated heterocycles. The molecule has 0 radical (unpaired) electrons. The van der Waals surface area contributed by atoms with E-state index in [1.54, 1.807) is 6.20 Å². The summed E-state index contributed by atoms with van der Waals surface area (Å²) in [6.07, 6.45) is 1.60. The summed E-state index contributed by atoms with van der Waals surface area (Å²) >= 11 is 0. The molecule has 60 valence electrons. The summed E-state index contributed by atoms with van der Waals surface area (Å²) in [7, 11) is 0. The molecular weight excluding hydrogens is 156 g/mol. The molecule has 0 aliphatic heterocycles. The van der Waals surface area contributed by atoms with Gasteiger partial charge in [-0.1, -0.05) is 0 Å². The molecule has 0 bridgehead atoms. The van der Waals surface area contributed by atoms with Gasteiger partial charge >= 0.3 is 5.69 Å². The largest absolute Gasteiger partial charge is 0.363 e. The molecule has 2 rings (SSSR count). The zero-order valence-corrected chi connectivity index (χ0v) is 6.40. The van der Waals surface area contributed by atoms with Crippen molar-refractivity contribution < 1.29 is 0 Å². The molecule has 0 saturated carbocycles. The van der Waals surface area contributed by atoms with Crippen molar-refractivity contribution in [1.29, 1.82) is 0 Å². The van der Waals surface area contributed by atoms with E-state index in [9.17, 15) is 4.79 Å². The molecule has 5 nitrogen and oxygen atoms in total. The summed E-state index contributed by atoms with van der Waals surface area (Å²) in [4.78, 5) is 18.3. The molecule has 0 unspecified atom stereocenters. The van der Waals surface area contributed by atoms with Crippen molar-refractivity contribution >= 4 is 11.2 Å². The van der Waals surface area contributed by atoms with Gasteiger partial charge in [0.25, 0.3) is 0 Å². The second kappa shape index (κ2) is 2.37. The van der Waals surface area contributed by atoms with Gasteiger partial charge in [0.1, 0.15) is 5.52 Å². The molecule has 2 aromatic heterocycles. The Kier molecular flexibility index (Phi) is 1.36. The van der Waals surface area contributed by atoms with Crippen LogP contribution in [-0.2, 0) is 0 Å². The average Bonchev–Trinajstić information content (AvgIpc) is 2.04. The van der Waals surface area contributed by atoms with E-state index in [1.165, 1.54) is 0 Å². The van der Waals surface area contributed by atoms with Gasteiger partial charge < -0.3 is 0 Å². The summed E-state index contributed by atoms with van der Waals surface area (Å²) < 4.78 is 0. The molecular formula is C7H6N4O. The first-order valence-electron chi connectivity index (χ1n) is 3.45. The zero-order valence-electron chi connectivity index (χ0n) is 6.40. The summed E-state index contributed by atoms with van der Waals surface area (Å²) in [6, 6.07) is 1.81. The van der Waals surface area contributed by atoms with Gasteiger partial charge in [0, 0.05) is 6.20 Å². The number of aromatic nitrogens is 4. The molecule has 12 heavy (non-hydrogen) atoms. The van der Waals surface area contributed by atoms with Gasteiger partial charge in [-0.25, -0.2) is 14.9 Å². The van der Waals surface area contributed by atoms with E-state index in [0.717, 1.165) is 5.56 Å². The third-order valence-electron chi connectivity index (χ3n) is 1.58. The number of pyridine rings is 1. The van der Waals surface area contributed by atoms with E-state index in [1.807, 2.05) is 13.0 Å². The van der Waals surface area contributed by atoms with E-state index in [0.29, 0.717) is 11.2 Å². The normalized spacial score (nSPS) is 10.4. The summed E-state index contributed by atoms with van der Waals surface area (Å²) in [6.45, 7) is 1.89. The highest BCUT2D eigenvalue weighted by molar-refractivity contribution is 5.71. The quantitative estimate of drug-likeness (QED) is 0.592. The fraction of sp³-hybridized carbons (Fsp3) is 0.143. The van der Waals surface area contributed by atoms with Crippen LogP contribution >= 0.6 is 0 Å². The highest BCUT2D eigenvalue weighted by Crippen LogP contribution is 2.06. The van der Waals surface area contributed by atoms with Crippen LogP contribution in [0.15, 0.2) is 17.1 Å². The molecule has 0 atom stereocenters. The summed E-state index contributed by atoms with van der Waals surface area (Å²) in [5, 5.41) is 6.08. The van der Waals surface area contributed by atoms with Crippen molar-refractivity contribution in [3.8, 4) is 0 Å². The van der Waals surface area contributed by atoms with Gasteiger partial charge in [0.2, 0.25) is 0 Å². The number of nitrogens with one attached hydrogen (secondary N) is 1. The second-order valence-electron chi connectivity index (χ2n) is 2.44. The number of fused-ring (bicyclic) bond motifs is 1. The van der Waals surface area contributed by atoms with E-state index in [4.69, 9.17) is 0 Å². The third kappa shape index (κ3) is 0.952. The summed E-state index contributed by atoms with van der Waals surface area (Å²) in [5.41, 5.74) is 1.50. The molecule has 2 heterocycles. The second-order valence-corrected chi connectivity index (χ2v) is 2.44. The predicted octanol–water partition coefficient (Wildman–Crippen LogP) is 0.0215. The van der Waals surface area contributed by atoms with Crippen LogP contribution in [0, 0.1) is 6.92 Å². The van der Waals surface area contributed by atoms with Crippen LogP contribution < -0.4 is 5.69 Å². The highest BCUT2D eigenvalue weighted by atomic mass is 16.1. The van der Waals surface area contributed by atoms with Crippen LogP contribution in [0.2, 0.25) is 0 Å². The molecule has 5 heteroatoms. The van der Waals surface area contributed by atoms with Crippen LogP contribution in [0.25, 0.3) is 11.2 Å². The molecule has 0 aliphatic rings. The van der Waals surface area contributed by atoms with Gasteiger partial charge in [-0.2, -0.15) is 10.1 Å². The maximum absolute atomic E-state index is 10.7. The zero-order chi connectivity index (χ0) is 8.55. The van der Waals surface area contributed by atoms with E-state index < -0.39 is 5.69 Å². The number of aryl methyl sites for hydroxylation is 1. The number of nitrogens with zero attached hydrogens (tertiary/aromatic N) is 3. The topological polar surface area (TPSA) is 71.5 Å². The van der Waals surface area contributed by atoms with Crippen molar-refractivity contribution in [3.05, 3.63) is 28.3 Å². The van der Waals surface area contributed by atoms with E-state index >= 15 is 0 Å². The highest BCUT2D eigenvalue weighted by Gasteiger charge is 1.99. The number of aromatic amines is 1. The lowest BCUT2D eigenvalue weighted by molar-refractivity contribution is 0.946. The van der Waals surface area contributed by atoms with Crippen molar-refractivity contribution in [2.45, 2.75) is 6.92 Å². The standard InChI is InChI=1S/C7H6N4O/c1-4-2-3-8-6-5(4)10-11-7(12)9-6/h2-3H,1H3,(H,8,9,11,12). The number of H-pyrrole nitrogens is 1. The predicted molar refractivity (Wildman–Crippen MR) is 42.7 cm³/mol. The Morgan fingerprint density at radius 3 is 3.17 bits per heavy atom. The fourth-order valence-corrected chi connectivity index (χ4v) is 0.981. The van der Waals surface area contributed by atoms with Crippen molar-refractivity contribution in [2.24, 2.45) is 0 Å². The molecule has 0 fully saturated rings. The van der Waals surface area contributed by atoms with Crippen molar-refractivity contribution in [1.82, 2.24) is 20.2 Å². The Morgan fingerprint density at radius 1 is 1.50 bits per heavy atom. The fourth-order valence-electron chi connectivity index (χ4n) is 0.981. The van der Waals surface area contributed by atoms with Crippen LogP contribution in [0.5, 0.6) is 0 Å². The number of hydrogen-bond acceptors (Lipinski definition) is 4. The van der Waals surface area contributed by atoms with Gasteiger partial charge in [-0.15, -0.1) is 0 Å². The minimum Gasteiger partial charge on any atom is -0.244 e. The minimum absolute atomic E-state index is 0.388. The lowest BCUT2D eigenvalue weighted by Gasteiger charge is -1.95. The first-order chi connectivity index (χ1) is 5.77. The van der Waals surface area contributed by atoms with Crippen LogP contribution in [-0.4, -0.2) is 20.2 Å². The third-order valence-corrected chi connectivity index (χ3v) is 1.58. The van der Waals surface area contributed by atoms with Crippen molar-refractivity contribution in [3.63, 3.8) is 0 Å². The SMILES string of the molecule is Cc1ccnc2nc(=O)[nH]nc12. The first kappa shape index (κ1) is 6.90. The van der Waals surface area contributed by atoms with Gasteiger partial charge in [0.05, 0.1) is 0 Å². The van der Waals surface area contributed by atoms with E-state index in [2.05, 4.69) is 20.2 Å². The Labute approximate surface area is 67.5 Å². The van der Waals surface area contributed by atoms with E-state index in [-0.39, 0.29) is 0 Å². The first-order valence-corrected chi connectivity index (χ1v) is 3.45. The average molecular weight is 162 g/mol. The van der Waals surface area contributed by atoms with Gasteiger partial charge in [-0.3, -0.25) is 0 Å². The molecule has 0 amide bonds. The Bertz CT molecular complexity index is 476. The lowest BCUT2D eigenvalue weighted by atomic mass is 10.3. The smallest absolute Gasteiger partial charge is 0.244 e. The Balaban J connectivity index is 2.96. The Morgan fingerprint density at radius 2 is 2.33 bits per heavy atom. The molecule has 0 aliphatic carbocycles. The maximum atomic E-state index is 10.7. The van der Waals surface area contributed by atoms with Gasteiger partial charge in [-0.05, 0) is 18.6 Å². The molecule has 0 aromatic carbocycles. The van der Waals surface area contributed by atoms with Gasteiger partial charge in [0.15, 0.2) is 5.65 Å². The number of hydrogen-bond donors (Lipinski definition) is 1.